The number of carbonyl (C=O) groups excluding carboxylic acids is 1. The van der Waals surface area contributed by atoms with E-state index in [1.54, 1.807) is 11.0 Å². The molecule has 0 bridgehead atoms. The van der Waals surface area contributed by atoms with Gasteiger partial charge in [-0.3, -0.25) is 4.79 Å². The highest BCUT2D eigenvalue weighted by atomic mass is 32.2. The molecule has 1 heterocycles. The maximum absolute atomic E-state index is 12.7. The second-order valence-corrected chi connectivity index (χ2v) is 7.30. The summed E-state index contributed by atoms with van der Waals surface area (Å²) in [5.41, 5.74) is 1.25. The Labute approximate surface area is 132 Å². The van der Waals surface area contributed by atoms with E-state index in [4.69, 9.17) is 0 Å². The predicted octanol–water partition coefficient (Wildman–Crippen LogP) is 0.681. The van der Waals surface area contributed by atoms with Crippen LogP contribution in [0, 0.1) is 6.92 Å². The van der Waals surface area contributed by atoms with Gasteiger partial charge in [0.25, 0.3) is 5.91 Å². The zero-order valence-corrected chi connectivity index (χ0v) is 14.1. The Morgan fingerprint density at radius 2 is 1.86 bits per heavy atom. The molecule has 0 spiro atoms. The zero-order chi connectivity index (χ0) is 16.3. The molecule has 0 radical (unpaired) electrons. The molecule has 0 unspecified atom stereocenters. The summed E-state index contributed by atoms with van der Waals surface area (Å²) in [5, 5.41) is 0. The molecule has 122 valence electrons. The van der Waals surface area contributed by atoms with E-state index in [0.29, 0.717) is 18.7 Å². The van der Waals surface area contributed by atoms with Crippen LogP contribution in [0.1, 0.15) is 22.8 Å². The summed E-state index contributed by atoms with van der Waals surface area (Å²) >= 11 is 0. The van der Waals surface area contributed by atoms with Crippen molar-refractivity contribution in [2.45, 2.75) is 18.7 Å². The lowest BCUT2D eigenvalue weighted by atomic mass is 10.1. The number of hydrogen-bond donors (Lipinski definition) is 1. The minimum atomic E-state index is -3.54. The molecule has 1 aromatic carbocycles. The van der Waals surface area contributed by atoms with Gasteiger partial charge >= 0.3 is 0 Å². The van der Waals surface area contributed by atoms with E-state index in [-0.39, 0.29) is 10.8 Å². The van der Waals surface area contributed by atoms with Gasteiger partial charge in [0.05, 0.1) is 4.90 Å². The van der Waals surface area contributed by atoms with Crippen LogP contribution in [-0.4, -0.2) is 63.9 Å². The number of hydrogen-bond acceptors (Lipinski definition) is 4. The largest absolute Gasteiger partial charge is 0.336 e. The third-order valence-electron chi connectivity index (χ3n) is 4.13. The summed E-state index contributed by atoms with van der Waals surface area (Å²) in [6.07, 6.45) is 0. The average Bonchev–Trinajstić information content (AvgIpc) is 2.54. The monoisotopic (exact) mass is 325 g/mol. The smallest absolute Gasteiger partial charge is 0.254 e. The Bertz CT molecular complexity index is 650. The number of aryl methyl sites for hydroxylation is 1. The summed E-state index contributed by atoms with van der Waals surface area (Å²) < 4.78 is 26.1. The van der Waals surface area contributed by atoms with Crippen molar-refractivity contribution in [1.29, 1.82) is 0 Å². The lowest BCUT2D eigenvalue weighted by Crippen LogP contribution is -2.48. The highest BCUT2D eigenvalue weighted by Gasteiger charge is 2.24. The number of rotatable bonds is 4. The SMILES string of the molecule is CCN1CCN(C(=O)c2cc(S(=O)(=O)NC)ccc2C)CC1. The van der Waals surface area contributed by atoms with Crippen molar-refractivity contribution in [2.75, 3.05) is 39.8 Å². The second kappa shape index (κ2) is 6.76. The van der Waals surface area contributed by atoms with E-state index in [0.717, 1.165) is 25.2 Å². The summed E-state index contributed by atoms with van der Waals surface area (Å²) in [6, 6.07) is 4.67. The molecule has 2 rings (SSSR count). The Hall–Kier alpha value is -1.44. The van der Waals surface area contributed by atoms with Crippen molar-refractivity contribution < 1.29 is 13.2 Å². The number of piperazine rings is 1. The zero-order valence-electron chi connectivity index (χ0n) is 13.3. The number of nitrogens with zero attached hydrogens (tertiary/aromatic N) is 2. The molecule has 1 aromatic rings. The van der Waals surface area contributed by atoms with Crippen molar-refractivity contribution in [2.24, 2.45) is 0 Å². The lowest BCUT2D eigenvalue weighted by Gasteiger charge is -2.34. The van der Waals surface area contributed by atoms with Crippen molar-refractivity contribution in [3.05, 3.63) is 29.3 Å². The first kappa shape index (κ1) is 16.9. The topological polar surface area (TPSA) is 69.7 Å². The molecule has 1 N–H and O–H groups in total. The molecule has 1 amide bonds. The Morgan fingerprint density at radius 1 is 1.23 bits per heavy atom. The van der Waals surface area contributed by atoms with E-state index in [2.05, 4.69) is 16.5 Å². The van der Waals surface area contributed by atoms with Gasteiger partial charge in [-0.05, 0) is 38.2 Å². The minimum absolute atomic E-state index is 0.0959. The number of benzene rings is 1. The van der Waals surface area contributed by atoms with Crippen LogP contribution in [0.4, 0.5) is 0 Å². The molecule has 1 fully saturated rings. The number of nitrogens with one attached hydrogen (secondary N) is 1. The molecular formula is C15H23N3O3S. The number of sulfonamides is 1. The fourth-order valence-corrected chi connectivity index (χ4v) is 3.31. The highest BCUT2D eigenvalue weighted by molar-refractivity contribution is 7.89. The molecular weight excluding hydrogens is 302 g/mol. The van der Waals surface area contributed by atoms with Crippen LogP contribution < -0.4 is 4.72 Å². The molecule has 1 aliphatic rings. The van der Waals surface area contributed by atoms with Crippen LogP contribution in [0.2, 0.25) is 0 Å². The normalized spacial score (nSPS) is 16.8. The maximum atomic E-state index is 12.7. The Morgan fingerprint density at radius 3 is 2.41 bits per heavy atom. The van der Waals surface area contributed by atoms with E-state index in [1.807, 2.05) is 6.92 Å². The molecule has 1 saturated heterocycles. The number of likely N-dealkylation sites (N-methyl/N-ethyl adjacent to an activating group) is 1. The van der Waals surface area contributed by atoms with Gasteiger partial charge in [-0.2, -0.15) is 0 Å². The van der Waals surface area contributed by atoms with Crippen LogP contribution >= 0.6 is 0 Å². The molecule has 0 aliphatic carbocycles. The summed E-state index contributed by atoms with van der Waals surface area (Å²) in [5.74, 6) is -0.0959. The minimum Gasteiger partial charge on any atom is -0.336 e. The van der Waals surface area contributed by atoms with Crippen LogP contribution in [-0.2, 0) is 10.0 Å². The third-order valence-corrected chi connectivity index (χ3v) is 5.54. The highest BCUT2D eigenvalue weighted by Crippen LogP contribution is 2.18. The Balaban J connectivity index is 2.25. The quantitative estimate of drug-likeness (QED) is 0.884. The Kier molecular flexibility index (Phi) is 5.20. The van der Waals surface area contributed by atoms with Crippen molar-refractivity contribution in [3.8, 4) is 0 Å². The second-order valence-electron chi connectivity index (χ2n) is 5.41. The van der Waals surface area contributed by atoms with Crippen LogP contribution in [0.3, 0.4) is 0 Å². The summed E-state index contributed by atoms with van der Waals surface area (Å²) in [6.45, 7) is 7.98. The van der Waals surface area contributed by atoms with Gasteiger partial charge in [0.1, 0.15) is 0 Å². The van der Waals surface area contributed by atoms with Gasteiger partial charge in [0, 0.05) is 31.7 Å². The maximum Gasteiger partial charge on any atom is 0.254 e. The van der Waals surface area contributed by atoms with Crippen molar-refractivity contribution >= 4 is 15.9 Å². The first-order valence-electron chi connectivity index (χ1n) is 7.45. The predicted molar refractivity (Wildman–Crippen MR) is 85.4 cm³/mol. The molecule has 6 nitrogen and oxygen atoms in total. The third kappa shape index (κ3) is 3.48. The van der Waals surface area contributed by atoms with Gasteiger partial charge in [-0.1, -0.05) is 13.0 Å². The number of amides is 1. The first-order valence-corrected chi connectivity index (χ1v) is 8.93. The van der Waals surface area contributed by atoms with Crippen LogP contribution in [0.15, 0.2) is 23.1 Å². The van der Waals surface area contributed by atoms with Crippen molar-refractivity contribution in [1.82, 2.24) is 14.5 Å². The van der Waals surface area contributed by atoms with E-state index in [1.165, 1.54) is 19.2 Å². The van der Waals surface area contributed by atoms with Gasteiger partial charge in [0.2, 0.25) is 10.0 Å². The van der Waals surface area contributed by atoms with Gasteiger partial charge in [0.15, 0.2) is 0 Å². The van der Waals surface area contributed by atoms with E-state index >= 15 is 0 Å². The molecule has 0 saturated carbocycles. The molecule has 0 atom stereocenters. The molecule has 1 aliphatic heterocycles. The van der Waals surface area contributed by atoms with Gasteiger partial charge < -0.3 is 9.80 Å². The fraction of sp³-hybridized carbons (Fsp3) is 0.533. The standard InChI is InChI=1S/C15H23N3O3S/c1-4-17-7-9-18(10-8-17)15(19)14-11-13(6-5-12(14)2)22(20,21)16-3/h5-6,11,16H,4,7-10H2,1-3H3. The summed E-state index contributed by atoms with van der Waals surface area (Å²) in [4.78, 5) is 16.9. The van der Waals surface area contributed by atoms with Crippen LogP contribution in [0.5, 0.6) is 0 Å². The molecule has 0 aromatic heterocycles. The summed E-state index contributed by atoms with van der Waals surface area (Å²) in [7, 11) is -2.18. The molecule has 7 heteroatoms. The van der Waals surface area contributed by atoms with Gasteiger partial charge in [-0.15, -0.1) is 0 Å². The van der Waals surface area contributed by atoms with Crippen molar-refractivity contribution in [3.63, 3.8) is 0 Å². The average molecular weight is 325 g/mol. The molecule has 22 heavy (non-hydrogen) atoms. The lowest BCUT2D eigenvalue weighted by molar-refractivity contribution is 0.0642. The van der Waals surface area contributed by atoms with Gasteiger partial charge in [-0.25, -0.2) is 13.1 Å². The first-order chi connectivity index (χ1) is 10.4. The van der Waals surface area contributed by atoms with E-state index < -0.39 is 10.0 Å². The van der Waals surface area contributed by atoms with Crippen LogP contribution in [0.25, 0.3) is 0 Å². The fourth-order valence-electron chi connectivity index (χ4n) is 2.55. The van der Waals surface area contributed by atoms with E-state index in [9.17, 15) is 13.2 Å². The number of carbonyl (C=O) groups is 1.